The van der Waals surface area contributed by atoms with Crippen molar-refractivity contribution >= 4 is 5.69 Å². The SMILES string of the molecule is COc1cccc(C(C#N)Nc2cccc(F)c2)c1. The van der Waals surface area contributed by atoms with E-state index in [1.165, 1.54) is 12.1 Å². The Kier molecular flexibility index (Phi) is 3.99. The third kappa shape index (κ3) is 3.23. The van der Waals surface area contributed by atoms with E-state index < -0.39 is 6.04 Å². The van der Waals surface area contributed by atoms with E-state index >= 15 is 0 Å². The molecule has 0 fully saturated rings. The molecule has 1 unspecified atom stereocenters. The van der Waals surface area contributed by atoms with Crippen molar-refractivity contribution in [2.75, 3.05) is 12.4 Å². The topological polar surface area (TPSA) is 45.0 Å². The quantitative estimate of drug-likeness (QED) is 0.910. The van der Waals surface area contributed by atoms with Gasteiger partial charge in [0, 0.05) is 5.69 Å². The molecule has 19 heavy (non-hydrogen) atoms. The Labute approximate surface area is 111 Å². The molecular formula is C15H13FN2O. The van der Waals surface area contributed by atoms with E-state index in [0.29, 0.717) is 11.4 Å². The second kappa shape index (κ2) is 5.87. The Hall–Kier alpha value is -2.54. The molecule has 0 aromatic heterocycles. The first-order valence-electron chi connectivity index (χ1n) is 5.78. The summed E-state index contributed by atoms with van der Waals surface area (Å²) in [5.41, 5.74) is 1.33. The minimum atomic E-state index is -0.558. The van der Waals surface area contributed by atoms with Crippen LogP contribution in [0.2, 0.25) is 0 Å². The lowest BCUT2D eigenvalue weighted by atomic mass is 10.1. The smallest absolute Gasteiger partial charge is 0.140 e. The lowest BCUT2D eigenvalue weighted by molar-refractivity contribution is 0.414. The van der Waals surface area contributed by atoms with Crippen molar-refractivity contribution in [3.63, 3.8) is 0 Å². The summed E-state index contributed by atoms with van der Waals surface area (Å²) in [6.45, 7) is 0. The maximum Gasteiger partial charge on any atom is 0.140 e. The average Bonchev–Trinajstić information content (AvgIpc) is 2.45. The zero-order chi connectivity index (χ0) is 13.7. The maximum absolute atomic E-state index is 13.1. The van der Waals surface area contributed by atoms with E-state index in [1.54, 1.807) is 31.4 Å². The predicted octanol–water partition coefficient (Wildman–Crippen LogP) is 3.51. The van der Waals surface area contributed by atoms with Crippen LogP contribution < -0.4 is 10.1 Å². The fourth-order valence-electron chi connectivity index (χ4n) is 1.76. The van der Waals surface area contributed by atoms with Crippen LogP contribution in [0.15, 0.2) is 48.5 Å². The van der Waals surface area contributed by atoms with E-state index in [2.05, 4.69) is 11.4 Å². The van der Waals surface area contributed by atoms with Crippen molar-refractivity contribution in [1.82, 2.24) is 0 Å². The molecule has 0 amide bonds. The van der Waals surface area contributed by atoms with E-state index in [1.807, 2.05) is 12.1 Å². The number of nitriles is 1. The Bertz CT molecular complexity index is 607. The number of hydrogen-bond donors (Lipinski definition) is 1. The second-order valence-corrected chi connectivity index (χ2v) is 3.99. The standard InChI is InChI=1S/C15H13FN2O/c1-19-14-7-2-4-11(8-14)15(10-17)18-13-6-3-5-12(16)9-13/h2-9,15,18H,1H3. The van der Waals surface area contributed by atoms with Crippen LogP contribution in [-0.2, 0) is 0 Å². The third-order valence-electron chi connectivity index (χ3n) is 2.69. The van der Waals surface area contributed by atoms with Crippen LogP contribution >= 0.6 is 0 Å². The average molecular weight is 256 g/mol. The van der Waals surface area contributed by atoms with Gasteiger partial charge in [-0.1, -0.05) is 18.2 Å². The summed E-state index contributed by atoms with van der Waals surface area (Å²) >= 11 is 0. The van der Waals surface area contributed by atoms with Gasteiger partial charge in [-0.05, 0) is 35.9 Å². The van der Waals surface area contributed by atoms with Crippen LogP contribution in [0.5, 0.6) is 5.75 Å². The highest BCUT2D eigenvalue weighted by molar-refractivity contribution is 5.48. The molecule has 0 bridgehead atoms. The van der Waals surface area contributed by atoms with Crippen LogP contribution in [0.25, 0.3) is 0 Å². The lowest BCUT2D eigenvalue weighted by Gasteiger charge is -2.14. The number of anilines is 1. The highest BCUT2D eigenvalue weighted by Gasteiger charge is 2.11. The zero-order valence-electron chi connectivity index (χ0n) is 10.4. The largest absolute Gasteiger partial charge is 0.497 e. The van der Waals surface area contributed by atoms with E-state index in [-0.39, 0.29) is 5.82 Å². The fraction of sp³-hybridized carbons (Fsp3) is 0.133. The molecule has 0 aliphatic carbocycles. The van der Waals surface area contributed by atoms with Gasteiger partial charge in [0.1, 0.15) is 17.6 Å². The molecule has 2 rings (SSSR count). The summed E-state index contributed by atoms with van der Waals surface area (Å²) in [6.07, 6.45) is 0. The van der Waals surface area contributed by atoms with Gasteiger partial charge >= 0.3 is 0 Å². The molecule has 0 heterocycles. The van der Waals surface area contributed by atoms with Crippen LogP contribution in [-0.4, -0.2) is 7.11 Å². The first-order chi connectivity index (χ1) is 9.22. The van der Waals surface area contributed by atoms with Gasteiger partial charge in [0.2, 0.25) is 0 Å². The number of ether oxygens (including phenoxy) is 1. The molecule has 0 aliphatic rings. The van der Waals surface area contributed by atoms with Gasteiger partial charge in [-0.2, -0.15) is 5.26 Å². The number of nitrogens with one attached hydrogen (secondary N) is 1. The summed E-state index contributed by atoms with van der Waals surface area (Å²) in [7, 11) is 1.57. The summed E-state index contributed by atoms with van der Waals surface area (Å²) in [4.78, 5) is 0. The number of rotatable bonds is 4. The number of methoxy groups -OCH3 is 1. The van der Waals surface area contributed by atoms with Gasteiger partial charge in [0.15, 0.2) is 0 Å². The van der Waals surface area contributed by atoms with Crippen LogP contribution in [0, 0.1) is 17.1 Å². The molecule has 0 saturated heterocycles. The van der Waals surface area contributed by atoms with Crippen molar-refractivity contribution in [3.05, 3.63) is 59.9 Å². The van der Waals surface area contributed by atoms with Crippen molar-refractivity contribution < 1.29 is 9.13 Å². The molecular weight excluding hydrogens is 243 g/mol. The van der Waals surface area contributed by atoms with E-state index in [4.69, 9.17) is 4.74 Å². The number of hydrogen-bond acceptors (Lipinski definition) is 3. The summed E-state index contributed by atoms with van der Waals surface area (Å²) < 4.78 is 18.2. The van der Waals surface area contributed by atoms with Gasteiger partial charge in [0.05, 0.1) is 13.2 Å². The third-order valence-corrected chi connectivity index (χ3v) is 2.69. The predicted molar refractivity (Wildman–Crippen MR) is 71.4 cm³/mol. The highest BCUT2D eigenvalue weighted by atomic mass is 19.1. The molecule has 0 aliphatic heterocycles. The molecule has 0 saturated carbocycles. The van der Waals surface area contributed by atoms with Crippen LogP contribution in [0.3, 0.4) is 0 Å². The van der Waals surface area contributed by atoms with E-state index in [9.17, 15) is 9.65 Å². The van der Waals surface area contributed by atoms with Crippen LogP contribution in [0.1, 0.15) is 11.6 Å². The molecule has 1 N–H and O–H groups in total. The second-order valence-electron chi connectivity index (χ2n) is 3.99. The molecule has 1 atom stereocenters. The summed E-state index contributed by atoms with van der Waals surface area (Å²) in [6, 6.07) is 14.8. The molecule has 2 aromatic rings. The number of nitrogens with zero attached hydrogens (tertiary/aromatic N) is 1. The van der Waals surface area contributed by atoms with Gasteiger partial charge in [-0.15, -0.1) is 0 Å². The number of benzene rings is 2. The highest BCUT2D eigenvalue weighted by Crippen LogP contribution is 2.22. The Balaban J connectivity index is 2.23. The summed E-state index contributed by atoms with van der Waals surface area (Å²) in [5.74, 6) is 0.339. The Morgan fingerprint density at radius 3 is 2.68 bits per heavy atom. The molecule has 2 aromatic carbocycles. The van der Waals surface area contributed by atoms with Gasteiger partial charge < -0.3 is 10.1 Å². The van der Waals surface area contributed by atoms with Gasteiger partial charge in [-0.3, -0.25) is 0 Å². The Morgan fingerprint density at radius 2 is 2.00 bits per heavy atom. The van der Waals surface area contributed by atoms with Gasteiger partial charge in [0.25, 0.3) is 0 Å². The maximum atomic E-state index is 13.1. The minimum absolute atomic E-state index is 0.340. The fourth-order valence-corrected chi connectivity index (χ4v) is 1.76. The molecule has 0 radical (unpaired) electrons. The van der Waals surface area contributed by atoms with Gasteiger partial charge in [-0.25, -0.2) is 4.39 Å². The van der Waals surface area contributed by atoms with E-state index in [0.717, 1.165) is 5.56 Å². The van der Waals surface area contributed by atoms with Crippen molar-refractivity contribution in [3.8, 4) is 11.8 Å². The molecule has 96 valence electrons. The molecule has 3 nitrogen and oxygen atoms in total. The van der Waals surface area contributed by atoms with Crippen molar-refractivity contribution in [2.45, 2.75) is 6.04 Å². The normalized spacial score (nSPS) is 11.4. The molecule has 4 heteroatoms. The minimum Gasteiger partial charge on any atom is -0.497 e. The van der Waals surface area contributed by atoms with Crippen molar-refractivity contribution in [1.29, 1.82) is 5.26 Å². The lowest BCUT2D eigenvalue weighted by Crippen LogP contribution is -2.08. The molecule has 0 spiro atoms. The summed E-state index contributed by atoms with van der Waals surface area (Å²) in [5, 5.41) is 12.2. The number of halogens is 1. The monoisotopic (exact) mass is 256 g/mol. The van der Waals surface area contributed by atoms with Crippen molar-refractivity contribution in [2.24, 2.45) is 0 Å². The first kappa shape index (κ1) is 12.9. The zero-order valence-corrected chi connectivity index (χ0v) is 10.4. The Morgan fingerprint density at radius 1 is 1.21 bits per heavy atom. The van der Waals surface area contributed by atoms with Crippen LogP contribution in [0.4, 0.5) is 10.1 Å². The first-order valence-corrected chi connectivity index (χ1v) is 5.78.